The van der Waals surface area contributed by atoms with E-state index in [4.69, 9.17) is 0 Å². The van der Waals surface area contributed by atoms with Crippen molar-refractivity contribution in [1.82, 2.24) is 15.0 Å². The summed E-state index contributed by atoms with van der Waals surface area (Å²) < 4.78 is 24.8. The van der Waals surface area contributed by atoms with Gasteiger partial charge < -0.3 is 0 Å². The van der Waals surface area contributed by atoms with Gasteiger partial charge in [-0.15, -0.1) is 5.10 Å². The molecule has 0 radical (unpaired) electrons. The Kier molecular flexibility index (Phi) is 3.01. The first-order valence-electron chi connectivity index (χ1n) is 6.19. The molecule has 0 amide bonds. The molecule has 0 spiro atoms. The third kappa shape index (κ3) is 2.61. The lowest BCUT2D eigenvalue weighted by Crippen LogP contribution is -2.17. The van der Waals surface area contributed by atoms with E-state index in [2.05, 4.69) is 26.1 Å². The standard InChI is InChI=1S/C11H16BrN3O2S/c1-15-13-10(11(12)14-15)6-18(16,17)5-7-2-8-4-9(8)3-7/h7-9H,2-6H2,1H3. The van der Waals surface area contributed by atoms with Crippen molar-refractivity contribution < 1.29 is 8.42 Å². The first-order valence-corrected chi connectivity index (χ1v) is 8.80. The molecule has 0 aliphatic heterocycles. The summed E-state index contributed by atoms with van der Waals surface area (Å²) in [4.78, 5) is 1.39. The number of nitrogens with zero attached hydrogens (tertiary/aromatic N) is 3. The largest absolute Gasteiger partial charge is 0.228 e. The van der Waals surface area contributed by atoms with Gasteiger partial charge in [-0.25, -0.2) is 8.42 Å². The molecule has 2 aliphatic rings. The van der Waals surface area contributed by atoms with Crippen LogP contribution in [0, 0.1) is 17.8 Å². The Morgan fingerprint density at radius 3 is 2.50 bits per heavy atom. The Balaban J connectivity index is 1.65. The molecule has 1 aromatic rings. The fraction of sp³-hybridized carbons (Fsp3) is 0.818. The molecule has 1 heterocycles. The molecule has 0 aromatic carbocycles. The highest BCUT2D eigenvalue weighted by atomic mass is 79.9. The summed E-state index contributed by atoms with van der Waals surface area (Å²) >= 11 is 3.24. The van der Waals surface area contributed by atoms with Crippen LogP contribution < -0.4 is 0 Å². The quantitative estimate of drug-likeness (QED) is 0.838. The van der Waals surface area contributed by atoms with Crippen LogP contribution in [-0.2, 0) is 22.6 Å². The van der Waals surface area contributed by atoms with Gasteiger partial charge in [-0.2, -0.15) is 9.90 Å². The second-order valence-corrected chi connectivity index (χ2v) is 8.44. The molecule has 0 bridgehead atoms. The van der Waals surface area contributed by atoms with Gasteiger partial charge in [0.2, 0.25) is 0 Å². The maximum absolute atomic E-state index is 12.1. The van der Waals surface area contributed by atoms with Crippen molar-refractivity contribution in [3.63, 3.8) is 0 Å². The normalized spacial score (nSPS) is 30.4. The Morgan fingerprint density at radius 1 is 1.28 bits per heavy atom. The minimum Gasteiger partial charge on any atom is -0.228 e. The topological polar surface area (TPSA) is 64.8 Å². The highest BCUT2D eigenvalue weighted by Gasteiger charge is 2.46. The lowest BCUT2D eigenvalue weighted by molar-refractivity contribution is 0.517. The van der Waals surface area contributed by atoms with Crippen LogP contribution in [0.5, 0.6) is 0 Å². The summed E-state index contributed by atoms with van der Waals surface area (Å²) in [6.07, 6.45) is 3.53. The summed E-state index contributed by atoms with van der Waals surface area (Å²) in [5.74, 6) is 2.33. The molecule has 0 saturated heterocycles. The van der Waals surface area contributed by atoms with Gasteiger partial charge in [0.15, 0.2) is 14.4 Å². The van der Waals surface area contributed by atoms with Crippen molar-refractivity contribution in [3.05, 3.63) is 10.3 Å². The lowest BCUT2D eigenvalue weighted by atomic mass is 10.1. The molecule has 5 nitrogen and oxygen atoms in total. The van der Waals surface area contributed by atoms with E-state index in [0.29, 0.717) is 22.0 Å². The van der Waals surface area contributed by atoms with E-state index in [9.17, 15) is 8.42 Å². The highest BCUT2D eigenvalue weighted by Crippen LogP contribution is 2.54. The lowest BCUT2D eigenvalue weighted by Gasteiger charge is -2.11. The fourth-order valence-corrected chi connectivity index (χ4v) is 5.47. The van der Waals surface area contributed by atoms with Crippen LogP contribution >= 0.6 is 15.9 Å². The van der Waals surface area contributed by atoms with Crippen molar-refractivity contribution >= 4 is 25.8 Å². The monoisotopic (exact) mass is 333 g/mol. The van der Waals surface area contributed by atoms with Crippen LogP contribution in [-0.4, -0.2) is 29.2 Å². The van der Waals surface area contributed by atoms with E-state index < -0.39 is 9.84 Å². The maximum atomic E-state index is 12.1. The van der Waals surface area contributed by atoms with E-state index >= 15 is 0 Å². The second-order valence-electron chi connectivity index (χ2n) is 5.57. The Hall–Kier alpha value is -0.430. The highest BCUT2D eigenvalue weighted by molar-refractivity contribution is 9.10. The Bertz CT molecular complexity index is 559. The van der Waals surface area contributed by atoms with Gasteiger partial charge in [0.1, 0.15) is 5.69 Å². The zero-order valence-electron chi connectivity index (χ0n) is 10.2. The molecule has 0 N–H and O–H groups in total. The number of aromatic nitrogens is 3. The first-order chi connectivity index (χ1) is 8.43. The van der Waals surface area contributed by atoms with Gasteiger partial charge >= 0.3 is 0 Å². The number of fused-ring (bicyclic) bond motifs is 1. The van der Waals surface area contributed by atoms with Gasteiger partial charge in [-0.3, -0.25) is 0 Å². The average Bonchev–Trinajstić information content (AvgIpc) is 2.71. The molecule has 2 atom stereocenters. The van der Waals surface area contributed by atoms with Crippen LogP contribution in [0.25, 0.3) is 0 Å². The number of halogens is 1. The molecule has 2 unspecified atom stereocenters. The van der Waals surface area contributed by atoms with Crippen molar-refractivity contribution in [2.24, 2.45) is 24.8 Å². The first kappa shape index (κ1) is 12.6. The van der Waals surface area contributed by atoms with Gasteiger partial charge in [-0.05, 0) is 52.9 Å². The van der Waals surface area contributed by atoms with E-state index in [1.54, 1.807) is 7.05 Å². The number of hydrogen-bond acceptors (Lipinski definition) is 4. The van der Waals surface area contributed by atoms with Crippen molar-refractivity contribution in [3.8, 4) is 0 Å². The molecule has 7 heteroatoms. The summed E-state index contributed by atoms with van der Waals surface area (Å²) in [5.41, 5.74) is 0.514. The van der Waals surface area contributed by atoms with Crippen LogP contribution in [0.4, 0.5) is 0 Å². The number of sulfone groups is 1. The number of hydrogen-bond donors (Lipinski definition) is 0. The second kappa shape index (κ2) is 4.30. The zero-order valence-corrected chi connectivity index (χ0v) is 12.6. The van der Waals surface area contributed by atoms with Crippen molar-refractivity contribution in [1.29, 1.82) is 0 Å². The van der Waals surface area contributed by atoms with Crippen LogP contribution in [0.15, 0.2) is 4.60 Å². The van der Waals surface area contributed by atoms with Gasteiger partial charge in [-0.1, -0.05) is 0 Å². The Labute approximate surface area is 115 Å². The molecule has 18 heavy (non-hydrogen) atoms. The van der Waals surface area contributed by atoms with Gasteiger partial charge in [0, 0.05) is 7.05 Å². The minimum atomic E-state index is -3.08. The number of aryl methyl sites for hydroxylation is 1. The van der Waals surface area contributed by atoms with Crippen LogP contribution in [0.1, 0.15) is 25.0 Å². The molecule has 1 aromatic heterocycles. The molecular formula is C11H16BrN3O2S. The van der Waals surface area contributed by atoms with Crippen molar-refractivity contribution in [2.75, 3.05) is 5.75 Å². The SMILES string of the molecule is Cn1nc(Br)c(CS(=O)(=O)CC2CC3CC3C2)n1. The molecule has 3 rings (SSSR count). The molecule has 2 aliphatic carbocycles. The predicted molar refractivity (Wildman–Crippen MR) is 70.5 cm³/mol. The molecule has 2 fully saturated rings. The smallest absolute Gasteiger partial charge is 0.156 e. The average molecular weight is 334 g/mol. The predicted octanol–water partition coefficient (Wildman–Crippen LogP) is 1.54. The van der Waals surface area contributed by atoms with Gasteiger partial charge in [0.25, 0.3) is 0 Å². The van der Waals surface area contributed by atoms with E-state index in [-0.39, 0.29) is 5.75 Å². The number of rotatable bonds is 4. The van der Waals surface area contributed by atoms with Gasteiger partial charge in [0.05, 0.1) is 11.5 Å². The minimum absolute atomic E-state index is 0.00669. The Morgan fingerprint density at radius 2 is 1.94 bits per heavy atom. The van der Waals surface area contributed by atoms with Crippen molar-refractivity contribution in [2.45, 2.75) is 25.0 Å². The third-order valence-electron chi connectivity index (χ3n) is 3.92. The van der Waals surface area contributed by atoms with E-state index in [1.807, 2.05) is 0 Å². The van der Waals surface area contributed by atoms with Crippen LogP contribution in [0.2, 0.25) is 0 Å². The zero-order chi connectivity index (χ0) is 12.9. The maximum Gasteiger partial charge on any atom is 0.156 e. The van der Waals surface area contributed by atoms with Crippen LogP contribution in [0.3, 0.4) is 0 Å². The third-order valence-corrected chi connectivity index (χ3v) is 6.23. The molecule has 100 valence electrons. The molecular weight excluding hydrogens is 318 g/mol. The molecule has 2 saturated carbocycles. The summed E-state index contributed by atoms with van der Waals surface area (Å²) in [5, 5.41) is 8.08. The fourth-order valence-electron chi connectivity index (χ4n) is 3.11. The summed E-state index contributed by atoms with van der Waals surface area (Å²) in [6, 6.07) is 0. The summed E-state index contributed by atoms with van der Waals surface area (Å²) in [7, 11) is -1.39. The van der Waals surface area contributed by atoms with E-state index in [1.165, 1.54) is 11.2 Å². The van der Waals surface area contributed by atoms with E-state index in [0.717, 1.165) is 24.7 Å². The summed E-state index contributed by atoms with van der Waals surface area (Å²) in [6.45, 7) is 0.